The summed E-state index contributed by atoms with van der Waals surface area (Å²) in [5.41, 5.74) is 0. The van der Waals surface area contributed by atoms with Crippen molar-refractivity contribution < 1.29 is 9.47 Å². The van der Waals surface area contributed by atoms with Crippen LogP contribution in [0, 0.1) is 0 Å². The van der Waals surface area contributed by atoms with E-state index in [-0.39, 0.29) is 0 Å². The number of aryl methyl sites for hydroxylation is 1. The van der Waals surface area contributed by atoms with Gasteiger partial charge in [0, 0.05) is 6.42 Å². The molecule has 13 heavy (non-hydrogen) atoms. The van der Waals surface area contributed by atoms with E-state index in [4.69, 9.17) is 9.47 Å². The molecule has 0 aromatic carbocycles. The minimum Gasteiger partial charge on any atom is -0.480 e. The van der Waals surface area contributed by atoms with Gasteiger partial charge in [-0.25, -0.2) is 0 Å². The summed E-state index contributed by atoms with van der Waals surface area (Å²) in [7, 11) is 3.12. The first-order valence-corrected chi connectivity index (χ1v) is 4.66. The summed E-state index contributed by atoms with van der Waals surface area (Å²) in [5, 5.41) is 0. The van der Waals surface area contributed by atoms with Gasteiger partial charge < -0.3 is 9.47 Å². The Morgan fingerprint density at radius 2 is 1.62 bits per heavy atom. The van der Waals surface area contributed by atoms with Gasteiger partial charge in [-0.3, -0.25) is 0 Å². The number of rotatable bonds is 3. The highest BCUT2D eigenvalue weighted by molar-refractivity contribution is 9.10. The molecule has 0 unspecified atom stereocenters. The number of halogens is 1. The summed E-state index contributed by atoms with van der Waals surface area (Å²) < 4.78 is 10.8. The topological polar surface area (TPSA) is 44.2 Å². The number of aromatic nitrogens is 2. The summed E-state index contributed by atoms with van der Waals surface area (Å²) in [6.07, 6.45) is 0.750. The lowest BCUT2D eigenvalue weighted by Gasteiger charge is -2.07. The highest BCUT2D eigenvalue weighted by Gasteiger charge is 2.11. The van der Waals surface area contributed by atoms with Crippen molar-refractivity contribution >= 4 is 15.9 Å². The van der Waals surface area contributed by atoms with Gasteiger partial charge >= 0.3 is 0 Å². The van der Waals surface area contributed by atoms with Gasteiger partial charge in [-0.15, -0.1) is 0 Å². The van der Waals surface area contributed by atoms with Crippen LogP contribution in [0.2, 0.25) is 0 Å². The van der Waals surface area contributed by atoms with Crippen molar-refractivity contribution in [1.29, 1.82) is 0 Å². The lowest BCUT2D eigenvalue weighted by molar-refractivity contribution is 0.363. The second kappa shape index (κ2) is 4.41. The molecule has 5 heteroatoms. The fourth-order valence-corrected chi connectivity index (χ4v) is 1.38. The number of hydrogen-bond donors (Lipinski definition) is 0. The second-order valence-electron chi connectivity index (χ2n) is 2.33. The molecule has 0 bridgehead atoms. The molecule has 0 saturated heterocycles. The Morgan fingerprint density at radius 1 is 1.15 bits per heavy atom. The van der Waals surface area contributed by atoms with Crippen LogP contribution >= 0.6 is 15.9 Å². The van der Waals surface area contributed by atoms with Crippen LogP contribution in [0.25, 0.3) is 0 Å². The van der Waals surface area contributed by atoms with Gasteiger partial charge in [0.1, 0.15) is 10.3 Å². The van der Waals surface area contributed by atoms with Crippen molar-refractivity contribution in [2.24, 2.45) is 0 Å². The predicted octanol–water partition coefficient (Wildman–Crippen LogP) is 1.82. The summed E-state index contributed by atoms with van der Waals surface area (Å²) in [6.45, 7) is 1.97. The first kappa shape index (κ1) is 10.2. The van der Waals surface area contributed by atoms with Gasteiger partial charge in [0.05, 0.1) is 14.2 Å². The average Bonchev–Trinajstić information content (AvgIpc) is 2.18. The van der Waals surface area contributed by atoms with Crippen LogP contribution in [-0.2, 0) is 6.42 Å². The molecule has 0 aliphatic heterocycles. The smallest absolute Gasteiger partial charge is 0.235 e. The van der Waals surface area contributed by atoms with E-state index >= 15 is 0 Å². The van der Waals surface area contributed by atoms with E-state index in [1.165, 1.54) is 0 Å². The average molecular weight is 247 g/mol. The molecule has 1 rings (SSSR count). The lowest BCUT2D eigenvalue weighted by atomic mass is 10.4. The number of nitrogens with zero attached hydrogens (tertiary/aromatic N) is 2. The maximum absolute atomic E-state index is 5.05. The van der Waals surface area contributed by atoms with Crippen LogP contribution in [0.15, 0.2) is 4.47 Å². The van der Waals surface area contributed by atoms with Crippen molar-refractivity contribution in [3.63, 3.8) is 0 Å². The van der Waals surface area contributed by atoms with Gasteiger partial charge in [0.15, 0.2) is 0 Å². The molecule has 0 saturated carbocycles. The fraction of sp³-hybridized carbons (Fsp3) is 0.500. The zero-order valence-electron chi connectivity index (χ0n) is 7.80. The molecule has 0 amide bonds. The van der Waals surface area contributed by atoms with Crippen LogP contribution in [0.1, 0.15) is 12.7 Å². The number of ether oxygens (including phenoxy) is 2. The Labute approximate surface area is 85.4 Å². The van der Waals surface area contributed by atoms with E-state index in [2.05, 4.69) is 25.9 Å². The third-order valence-electron chi connectivity index (χ3n) is 1.54. The minimum atomic E-state index is 0.503. The Kier molecular flexibility index (Phi) is 3.48. The fourth-order valence-electron chi connectivity index (χ4n) is 0.878. The maximum atomic E-state index is 5.05. The molecule has 0 N–H and O–H groups in total. The van der Waals surface area contributed by atoms with Crippen molar-refractivity contribution in [3.05, 3.63) is 10.3 Å². The van der Waals surface area contributed by atoms with Crippen molar-refractivity contribution in [2.75, 3.05) is 14.2 Å². The van der Waals surface area contributed by atoms with E-state index in [0.717, 1.165) is 6.42 Å². The number of methoxy groups -OCH3 is 2. The van der Waals surface area contributed by atoms with Crippen LogP contribution in [0.4, 0.5) is 0 Å². The molecular formula is C8H11BrN2O2. The normalized spacial score (nSPS) is 9.85. The molecule has 0 aliphatic rings. The van der Waals surface area contributed by atoms with E-state index in [9.17, 15) is 0 Å². The SMILES string of the molecule is CCc1nc(OC)c(Br)c(OC)n1. The van der Waals surface area contributed by atoms with Gasteiger partial charge in [-0.2, -0.15) is 9.97 Å². The zero-order chi connectivity index (χ0) is 9.84. The summed E-state index contributed by atoms with van der Waals surface area (Å²) in [4.78, 5) is 8.32. The monoisotopic (exact) mass is 246 g/mol. The quantitative estimate of drug-likeness (QED) is 0.817. The Hall–Kier alpha value is -0.840. The molecular weight excluding hydrogens is 236 g/mol. The van der Waals surface area contributed by atoms with Crippen LogP contribution in [0.3, 0.4) is 0 Å². The van der Waals surface area contributed by atoms with Crippen molar-refractivity contribution in [3.8, 4) is 11.8 Å². The summed E-state index contributed by atoms with van der Waals surface area (Å²) in [5.74, 6) is 1.71. The van der Waals surface area contributed by atoms with Crippen LogP contribution in [0.5, 0.6) is 11.8 Å². The largest absolute Gasteiger partial charge is 0.480 e. The highest BCUT2D eigenvalue weighted by atomic mass is 79.9. The standard InChI is InChI=1S/C8H11BrN2O2/c1-4-5-10-7(12-2)6(9)8(11-5)13-3/h4H2,1-3H3. The Balaban J connectivity index is 3.20. The van der Waals surface area contributed by atoms with Crippen molar-refractivity contribution in [1.82, 2.24) is 9.97 Å². The molecule has 0 aliphatic carbocycles. The molecule has 0 atom stereocenters. The van der Waals surface area contributed by atoms with Gasteiger partial charge in [-0.05, 0) is 15.9 Å². The zero-order valence-corrected chi connectivity index (χ0v) is 9.38. The van der Waals surface area contributed by atoms with Crippen molar-refractivity contribution in [2.45, 2.75) is 13.3 Å². The van der Waals surface area contributed by atoms with Gasteiger partial charge in [0.25, 0.3) is 0 Å². The molecule has 1 aromatic rings. The first-order chi connectivity index (χ1) is 6.22. The van der Waals surface area contributed by atoms with E-state index < -0.39 is 0 Å². The van der Waals surface area contributed by atoms with Crippen LogP contribution < -0.4 is 9.47 Å². The van der Waals surface area contributed by atoms with E-state index in [0.29, 0.717) is 22.1 Å². The number of hydrogen-bond acceptors (Lipinski definition) is 4. The van der Waals surface area contributed by atoms with E-state index in [1.807, 2.05) is 6.92 Å². The molecule has 4 nitrogen and oxygen atoms in total. The highest BCUT2D eigenvalue weighted by Crippen LogP contribution is 2.30. The van der Waals surface area contributed by atoms with E-state index in [1.54, 1.807) is 14.2 Å². The molecule has 1 aromatic heterocycles. The molecule has 0 radical (unpaired) electrons. The third-order valence-corrected chi connectivity index (χ3v) is 2.22. The lowest BCUT2D eigenvalue weighted by Crippen LogP contribution is -2.00. The van der Waals surface area contributed by atoms with Crippen LogP contribution in [-0.4, -0.2) is 24.2 Å². The molecule has 1 heterocycles. The predicted molar refractivity (Wildman–Crippen MR) is 52.2 cm³/mol. The Bertz CT molecular complexity index is 279. The molecule has 0 fully saturated rings. The first-order valence-electron chi connectivity index (χ1n) is 3.87. The molecule has 0 spiro atoms. The summed E-state index contributed by atoms with van der Waals surface area (Å²) in [6, 6.07) is 0. The molecule has 72 valence electrons. The Morgan fingerprint density at radius 3 is 1.92 bits per heavy atom. The van der Waals surface area contributed by atoms with Gasteiger partial charge in [-0.1, -0.05) is 6.92 Å². The second-order valence-corrected chi connectivity index (χ2v) is 3.12. The third kappa shape index (κ3) is 2.09. The summed E-state index contributed by atoms with van der Waals surface area (Å²) >= 11 is 3.29. The van der Waals surface area contributed by atoms with Gasteiger partial charge in [0.2, 0.25) is 11.8 Å². The maximum Gasteiger partial charge on any atom is 0.235 e. The minimum absolute atomic E-state index is 0.503.